The van der Waals surface area contributed by atoms with Crippen LogP contribution in [0.5, 0.6) is 0 Å². The number of hydrogen-bond donors (Lipinski definition) is 1. The number of nitrogens with zero attached hydrogens (tertiary/aromatic N) is 4. The van der Waals surface area contributed by atoms with E-state index in [2.05, 4.69) is 20.8 Å². The highest BCUT2D eigenvalue weighted by Crippen LogP contribution is 2.38. The Morgan fingerprint density at radius 3 is 2.96 bits per heavy atom. The summed E-state index contributed by atoms with van der Waals surface area (Å²) in [5.74, 6) is 1.05. The molecule has 11 heteroatoms. The van der Waals surface area contributed by atoms with Gasteiger partial charge in [0.1, 0.15) is 5.82 Å². The van der Waals surface area contributed by atoms with E-state index in [0.717, 1.165) is 5.56 Å². The third-order valence-corrected chi connectivity index (χ3v) is 6.62. The van der Waals surface area contributed by atoms with E-state index in [1.54, 1.807) is 6.07 Å². The standard InChI is InChI=1S/C16H14FN5O4S/c17-10-2-1-9-3-12(11(9)4-10)22-15(21-25-16(22)23)13-14(20-26-19-13)18-5-8-6-27(24)7-8/h1-2,4,8,12H,3,5-7H2,(H,18,20). The highest BCUT2D eigenvalue weighted by Gasteiger charge is 2.34. The quantitative estimate of drug-likeness (QED) is 0.684. The summed E-state index contributed by atoms with van der Waals surface area (Å²) in [7, 11) is -0.738. The van der Waals surface area contributed by atoms with E-state index in [-0.39, 0.29) is 29.3 Å². The highest BCUT2D eigenvalue weighted by molar-refractivity contribution is 7.86. The zero-order valence-electron chi connectivity index (χ0n) is 13.9. The second kappa shape index (κ2) is 6.12. The molecule has 9 nitrogen and oxygen atoms in total. The van der Waals surface area contributed by atoms with Crippen molar-refractivity contribution in [3.05, 3.63) is 45.7 Å². The highest BCUT2D eigenvalue weighted by atomic mass is 32.2. The first kappa shape index (κ1) is 16.4. The van der Waals surface area contributed by atoms with Crippen LogP contribution in [0.25, 0.3) is 11.5 Å². The minimum Gasteiger partial charge on any atom is -0.365 e. The van der Waals surface area contributed by atoms with Crippen molar-refractivity contribution in [1.29, 1.82) is 0 Å². The summed E-state index contributed by atoms with van der Waals surface area (Å²) >= 11 is 0. The van der Waals surface area contributed by atoms with Crippen LogP contribution < -0.4 is 11.1 Å². The molecule has 0 saturated carbocycles. The second-order valence-corrected chi connectivity index (χ2v) is 8.23. The van der Waals surface area contributed by atoms with E-state index in [0.29, 0.717) is 35.9 Å². The van der Waals surface area contributed by atoms with Crippen molar-refractivity contribution in [2.75, 3.05) is 23.4 Å². The number of halogens is 1. The molecule has 1 atom stereocenters. The lowest BCUT2D eigenvalue weighted by molar-refractivity contribution is 0.309. The molecule has 2 aliphatic rings. The monoisotopic (exact) mass is 391 g/mol. The third-order valence-electron chi connectivity index (χ3n) is 4.93. The molecule has 1 saturated heterocycles. The maximum Gasteiger partial charge on any atom is 0.442 e. The van der Waals surface area contributed by atoms with E-state index in [9.17, 15) is 13.4 Å². The van der Waals surface area contributed by atoms with Crippen molar-refractivity contribution >= 4 is 16.6 Å². The van der Waals surface area contributed by atoms with Crippen molar-refractivity contribution in [2.45, 2.75) is 12.5 Å². The van der Waals surface area contributed by atoms with Gasteiger partial charge in [-0.05, 0) is 45.9 Å². The van der Waals surface area contributed by atoms with Gasteiger partial charge in [-0.15, -0.1) is 0 Å². The number of anilines is 1. The molecule has 5 rings (SSSR count). The molecule has 1 aromatic carbocycles. The summed E-state index contributed by atoms with van der Waals surface area (Å²) in [6.45, 7) is 0.562. The van der Waals surface area contributed by atoms with Crippen LogP contribution in [0.2, 0.25) is 0 Å². The number of fused-ring (bicyclic) bond motifs is 1. The smallest absolute Gasteiger partial charge is 0.365 e. The molecule has 140 valence electrons. The average Bonchev–Trinajstić information content (AvgIpc) is 3.21. The number of rotatable bonds is 5. The third kappa shape index (κ3) is 2.69. The van der Waals surface area contributed by atoms with Crippen molar-refractivity contribution in [3.63, 3.8) is 0 Å². The van der Waals surface area contributed by atoms with Gasteiger partial charge in [0.2, 0.25) is 11.6 Å². The van der Waals surface area contributed by atoms with Crippen molar-refractivity contribution < 1.29 is 17.8 Å². The maximum atomic E-state index is 13.6. The predicted octanol–water partition coefficient (Wildman–Crippen LogP) is 0.961. The van der Waals surface area contributed by atoms with Gasteiger partial charge in [0.15, 0.2) is 5.69 Å². The van der Waals surface area contributed by atoms with Crippen molar-refractivity contribution in [2.24, 2.45) is 5.92 Å². The first-order valence-electron chi connectivity index (χ1n) is 8.38. The van der Waals surface area contributed by atoms with Gasteiger partial charge in [-0.1, -0.05) is 11.2 Å². The normalized spacial score (nSPS) is 23.4. The first-order chi connectivity index (χ1) is 13.1. The van der Waals surface area contributed by atoms with E-state index in [4.69, 9.17) is 9.15 Å². The summed E-state index contributed by atoms with van der Waals surface area (Å²) in [6, 6.07) is 4.11. The molecular weight excluding hydrogens is 377 g/mol. The van der Waals surface area contributed by atoms with Crippen molar-refractivity contribution in [3.8, 4) is 11.5 Å². The summed E-state index contributed by atoms with van der Waals surface area (Å²) in [5, 5.41) is 14.6. The van der Waals surface area contributed by atoms with Gasteiger partial charge in [0, 0.05) is 28.9 Å². The fourth-order valence-electron chi connectivity index (χ4n) is 3.46. The zero-order valence-corrected chi connectivity index (χ0v) is 14.7. The Morgan fingerprint density at radius 1 is 1.30 bits per heavy atom. The maximum absolute atomic E-state index is 13.6. The summed E-state index contributed by atoms with van der Waals surface area (Å²) in [6.07, 6.45) is 0.561. The molecule has 3 heterocycles. The van der Waals surface area contributed by atoms with Crippen LogP contribution in [0, 0.1) is 11.7 Å². The second-order valence-electron chi connectivity index (χ2n) is 6.69. The Balaban J connectivity index is 1.45. The zero-order chi connectivity index (χ0) is 18.5. The summed E-state index contributed by atoms with van der Waals surface area (Å²) in [4.78, 5) is 12.2. The Morgan fingerprint density at radius 2 is 2.15 bits per heavy atom. The van der Waals surface area contributed by atoms with Gasteiger partial charge in [-0.2, -0.15) is 0 Å². The topological polar surface area (TPSA) is 116 Å². The lowest BCUT2D eigenvalue weighted by Crippen LogP contribution is -2.36. The minimum absolute atomic E-state index is 0.167. The Hall–Kier alpha value is -2.82. The fraction of sp³-hybridized carbons (Fsp3) is 0.375. The predicted molar refractivity (Wildman–Crippen MR) is 92.2 cm³/mol. The lowest BCUT2D eigenvalue weighted by Gasteiger charge is -2.30. The van der Waals surface area contributed by atoms with Crippen LogP contribution in [0.1, 0.15) is 17.2 Å². The summed E-state index contributed by atoms with van der Waals surface area (Å²) < 4.78 is 35.8. The average molecular weight is 391 g/mol. The van der Waals surface area contributed by atoms with Crippen LogP contribution >= 0.6 is 0 Å². The van der Waals surface area contributed by atoms with Crippen molar-refractivity contribution in [1.82, 2.24) is 20.0 Å². The Bertz CT molecular complexity index is 1100. The van der Waals surface area contributed by atoms with Crippen LogP contribution in [0.15, 0.2) is 32.1 Å². The van der Waals surface area contributed by atoms with E-state index < -0.39 is 16.6 Å². The molecule has 0 radical (unpaired) electrons. The van der Waals surface area contributed by atoms with E-state index >= 15 is 0 Å². The molecule has 1 unspecified atom stereocenters. The SMILES string of the molecule is O=c1onc(-c2nonc2NCC2CS(=O)C2)n1C1Cc2ccc(F)cc21. The van der Waals surface area contributed by atoms with Crippen LogP contribution in [-0.2, 0) is 17.2 Å². The largest absolute Gasteiger partial charge is 0.442 e. The molecule has 1 aliphatic heterocycles. The van der Waals surface area contributed by atoms with E-state index in [1.165, 1.54) is 16.7 Å². The molecule has 1 N–H and O–H groups in total. The van der Waals surface area contributed by atoms with Gasteiger partial charge >= 0.3 is 5.76 Å². The van der Waals surface area contributed by atoms with Crippen LogP contribution in [0.3, 0.4) is 0 Å². The van der Waals surface area contributed by atoms with E-state index in [1.807, 2.05) is 0 Å². The minimum atomic E-state index is -0.738. The number of nitrogens with one attached hydrogen (secondary N) is 1. The van der Waals surface area contributed by atoms with Gasteiger partial charge < -0.3 is 5.32 Å². The fourth-order valence-corrected chi connectivity index (χ4v) is 4.65. The molecule has 2 aromatic heterocycles. The van der Waals surface area contributed by atoms with Crippen LogP contribution in [0.4, 0.5) is 10.2 Å². The number of aromatic nitrogens is 4. The van der Waals surface area contributed by atoms with Gasteiger partial charge in [0.05, 0.1) is 6.04 Å². The molecule has 0 amide bonds. The Labute approximate surface area is 154 Å². The first-order valence-corrected chi connectivity index (χ1v) is 9.87. The molecule has 3 aromatic rings. The molecule has 1 aliphatic carbocycles. The lowest BCUT2D eigenvalue weighted by atomic mass is 9.83. The van der Waals surface area contributed by atoms with Gasteiger partial charge in [-0.3, -0.25) is 8.73 Å². The van der Waals surface area contributed by atoms with Gasteiger partial charge in [-0.25, -0.2) is 18.4 Å². The molecule has 27 heavy (non-hydrogen) atoms. The number of benzene rings is 1. The Kier molecular flexibility index (Phi) is 3.71. The molecule has 1 fully saturated rings. The molecular formula is C16H14FN5O4S. The number of hydrogen-bond acceptors (Lipinski definition) is 8. The van der Waals surface area contributed by atoms with Crippen LogP contribution in [-0.4, -0.2) is 42.3 Å². The molecule has 0 spiro atoms. The molecule has 0 bridgehead atoms. The van der Waals surface area contributed by atoms with Gasteiger partial charge in [0.25, 0.3) is 0 Å². The summed E-state index contributed by atoms with van der Waals surface area (Å²) in [5.41, 5.74) is 1.92.